The normalized spacial score (nSPS) is 10.8. The third-order valence-corrected chi connectivity index (χ3v) is 4.21. The monoisotopic (exact) mass is 263 g/mol. The second kappa shape index (κ2) is 10.5. The van der Waals surface area contributed by atoms with Gasteiger partial charge in [-0.3, -0.25) is 0 Å². The second-order valence-electron chi connectivity index (χ2n) is 4.87. The van der Waals surface area contributed by atoms with E-state index in [1.807, 2.05) is 11.8 Å². The summed E-state index contributed by atoms with van der Waals surface area (Å²) < 4.78 is 0. The van der Waals surface area contributed by atoms with Gasteiger partial charge in [-0.15, -0.1) is 11.8 Å². The summed E-state index contributed by atoms with van der Waals surface area (Å²) in [7, 11) is 0. The minimum atomic E-state index is 1.06. The van der Waals surface area contributed by atoms with Gasteiger partial charge in [0.2, 0.25) is 0 Å². The fraction of sp³-hybridized carbons (Fsp3) is 0.588. The summed E-state index contributed by atoms with van der Waals surface area (Å²) in [5.41, 5.74) is 1.49. The molecule has 1 radical (unpaired) electrons. The van der Waals surface area contributed by atoms with Gasteiger partial charge in [0.25, 0.3) is 0 Å². The number of unbranched alkanes of at least 4 members (excludes halogenated alkanes) is 5. The zero-order valence-electron chi connectivity index (χ0n) is 11.8. The molecule has 101 valence electrons. The Bertz CT molecular complexity index is 306. The van der Waals surface area contributed by atoms with E-state index in [0.717, 1.165) is 6.42 Å². The number of benzene rings is 1. The molecule has 0 unspecified atom stereocenters. The first-order valence-electron chi connectivity index (χ1n) is 7.37. The van der Waals surface area contributed by atoms with Crippen LogP contribution in [0.15, 0.2) is 29.2 Å². The van der Waals surface area contributed by atoms with Gasteiger partial charge < -0.3 is 0 Å². The first kappa shape index (κ1) is 15.6. The van der Waals surface area contributed by atoms with E-state index in [0.29, 0.717) is 0 Å². The number of rotatable bonds is 10. The maximum Gasteiger partial charge on any atom is 0.00746 e. The van der Waals surface area contributed by atoms with Crippen LogP contribution in [0.5, 0.6) is 0 Å². The van der Waals surface area contributed by atoms with E-state index >= 15 is 0 Å². The molecule has 0 saturated carbocycles. The second-order valence-corrected chi connectivity index (χ2v) is 6.04. The van der Waals surface area contributed by atoms with Crippen molar-refractivity contribution in [3.8, 4) is 0 Å². The summed E-state index contributed by atoms with van der Waals surface area (Å²) >= 11 is 2.01. The number of hydrogen-bond acceptors (Lipinski definition) is 1. The van der Waals surface area contributed by atoms with Gasteiger partial charge in [-0.25, -0.2) is 0 Å². The molecule has 1 aromatic carbocycles. The smallest absolute Gasteiger partial charge is 0.00746 e. The molecule has 0 amide bonds. The lowest BCUT2D eigenvalue weighted by Crippen LogP contribution is -1.87. The Kier molecular flexibility index (Phi) is 9.11. The lowest BCUT2D eigenvalue weighted by atomic mass is 10.1. The Balaban J connectivity index is 2.26. The summed E-state index contributed by atoms with van der Waals surface area (Å²) in [5, 5.41) is 0. The van der Waals surface area contributed by atoms with Gasteiger partial charge in [0.05, 0.1) is 0 Å². The van der Waals surface area contributed by atoms with Gasteiger partial charge in [0.1, 0.15) is 0 Å². The third kappa shape index (κ3) is 7.10. The van der Waals surface area contributed by atoms with Gasteiger partial charge in [0, 0.05) is 4.90 Å². The zero-order chi connectivity index (χ0) is 13.1. The van der Waals surface area contributed by atoms with Crippen LogP contribution in [0.25, 0.3) is 0 Å². The van der Waals surface area contributed by atoms with Crippen LogP contribution in [0, 0.1) is 6.92 Å². The van der Waals surface area contributed by atoms with Crippen LogP contribution >= 0.6 is 11.8 Å². The average molecular weight is 263 g/mol. The molecule has 0 heterocycles. The maximum absolute atomic E-state index is 3.90. The van der Waals surface area contributed by atoms with Crippen molar-refractivity contribution in [3.05, 3.63) is 36.8 Å². The molecular weight excluding hydrogens is 236 g/mol. The van der Waals surface area contributed by atoms with Crippen molar-refractivity contribution in [2.75, 3.05) is 5.75 Å². The highest BCUT2D eigenvalue weighted by Crippen LogP contribution is 2.21. The van der Waals surface area contributed by atoms with Crippen molar-refractivity contribution in [3.63, 3.8) is 0 Å². The van der Waals surface area contributed by atoms with E-state index in [2.05, 4.69) is 38.1 Å². The van der Waals surface area contributed by atoms with Crippen LogP contribution < -0.4 is 0 Å². The molecule has 1 heteroatoms. The summed E-state index contributed by atoms with van der Waals surface area (Å²) in [6.07, 6.45) is 10.2. The van der Waals surface area contributed by atoms with Gasteiger partial charge >= 0.3 is 0 Å². The van der Waals surface area contributed by atoms with Crippen LogP contribution in [0.3, 0.4) is 0 Å². The van der Waals surface area contributed by atoms with Crippen molar-refractivity contribution in [1.29, 1.82) is 0 Å². The summed E-state index contributed by atoms with van der Waals surface area (Å²) in [6.45, 7) is 6.16. The molecule has 0 aliphatic heterocycles. The Morgan fingerprint density at radius 1 is 1.06 bits per heavy atom. The molecule has 1 aromatic rings. The summed E-state index contributed by atoms with van der Waals surface area (Å²) in [6, 6.07) is 9.07. The van der Waals surface area contributed by atoms with E-state index in [4.69, 9.17) is 0 Å². The minimum absolute atomic E-state index is 1.06. The number of thioether (sulfide) groups is 1. The van der Waals surface area contributed by atoms with E-state index in [-0.39, 0.29) is 0 Å². The van der Waals surface area contributed by atoms with Crippen LogP contribution in [0.1, 0.15) is 57.4 Å². The van der Waals surface area contributed by atoms with Crippen molar-refractivity contribution < 1.29 is 0 Å². The van der Waals surface area contributed by atoms with Crippen molar-refractivity contribution in [2.24, 2.45) is 0 Å². The first-order valence-corrected chi connectivity index (χ1v) is 8.36. The van der Waals surface area contributed by atoms with E-state index in [9.17, 15) is 0 Å². The topological polar surface area (TPSA) is 0 Å². The molecule has 0 atom stereocenters. The highest BCUT2D eigenvalue weighted by molar-refractivity contribution is 7.99. The molecule has 1 rings (SSSR count). The molecule has 18 heavy (non-hydrogen) atoms. The average Bonchev–Trinajstić information content (AvgIpc) is 2.39. The lowest BCUT2D eigenvalue weighted by molar-refractivity contribution is 0.706. The Morgan fingerprint density at radius 3 is 2.72 bits per heavy atom. The van der Waals surface area contributed by atoms with Crippen LogP contribution in [-0.2, 0) is 6.42 Å². The maximum atomic E-state index is 3.90. The first-order chi connectivity index (χ1) is 8.86. The van der Waals surface area contributed by atoms with Crippen LogP contribution in [-0.4, -0.2) is 5.75 Å². The van der Waals surface area contributed by atoms with Gasteiger partial charge in [-0.1, -0.05) is 58.1 Å². The molecule has 0 spiro atoms. The Morgan fingerprint density at radius 2 is 1.94 bits per heavy atom. The van der Waals surface area contributed by atoms with Crippen LogP contribution in [0.4, 0.5) is 0 Å². The molecule has 0 aromatic heterocycles. The standard InChI is InChI=1S/C17H27S/c1-3-5-7-9-14-18-17-13-10-12-16(15-17)11-8-6-4-2/h10,12-13,15H,2-9,11,14H2,1H3. The molecule has 0 bridgehead atoms. The van der Waals surface area contributed by atoms with Crippen LogP contribution in [0.2, 0.25) is 0 Å². The van der Waals surface area contributed by atoms with Crippen molar-refractivity contribution >= 4 is 11.8 Å². The number of aryl methyl sites for hydroxylation is 1. The largest absolute Gasteiger partial charge is 0.126 e. The fourth-order valence-electron chi connectivity index (χ4n) is 2.02. The molecule has 0 saturated heterocycles. The predicted octanol–water partition coefficient (Wildman–Crippen LogP) is 5.91. The molecule has 0 aliphatic carbocycles. The summed E-state index contributed by atoms with van der Waals surface area (Å²) in [4.78, 5) is 1.44. The minimum Gasteiger partial charge on any atom is -0.126 e. The van der Waals surface area contributed by atoms with Gasteiger partial charge in [0.15, 0.2) is 0 Å². The van der Waals surface area contributed by atoms with Crippen molar-refractivity contribution in [2.45, 2.75) is 63.2 Å². The zero-order valence-corrected chi connectivity index (χ0v) is 12.6. The Hall–Kier alpha value is -0.430. The molecule has 0 nitrogen and oxygen atoms in total. The predicted molar refractivity (Wildman–Crippen MR) is 84.2 cm³/mol. The van der Waals surface area contributed by atoms with Gasteiger partial charge in [-0.2, -0.15) is 0 Å². The van der Waals surface area contributed by atoms with E-state index < -0.39 is 0 Å². The lowest BCUT2D eigenvalue weighted by Gasteiger charge is -2.05. The SMILES string of the molecule is [CH2]CCCCc1cccc(SCCCCCC)c1. The molecule has 0 aliphatic rings. The quantitative estimate of drug-likeness (QED) is 0.374. The number of hydrogen-bond donors (Lipinski definition) is 0. The fourth-order valence-corrected chi connectivity index (χ4v) is 3.01. The van der Waals surface area contributed by atoms with E-state index in [1.165, 1.54) is 61.2 Å². The molecule has 0 fully saturated rings. The molecule has 0 N–H and O–H groups in total. The van der Waals surface area contributed by atoms with Gasteiger partial charge in [-0.05, 0) is 42.7 Å². The highest BCUT2D eigenvalue weighted by Gasteiger charge is 1.97. The molecular formula is C17H27S. The highest BCUT2D eigenvalue weighted by atomic mass is 32.2. The van der Waals surface area contributed by atoms with E-state index in [1.54, 1.807) is 0 Å². The van der Waals surface area contributed by atoms with Crippen molar-refractivity contribution in [1.82, 2.24) is 0 Å². The summed E-state index contributed by atoms with van der Waals surface area (Å²) in [5.74, 6) is 1.27. The third-order valence-electron chi connectivity index (χ3n) is 3.13. The Labute approximate surface area is 118 Å².